The molecule has 0 aliphatic heterocycles. The summed E-state index contributed by atoms with van der Waals surface area (Å²) in [6.45, 7) is 6.33. The van der Waals surface area contributed by atoms with Crippen molar-refractivity contribution in [1.29, 1.82) is 0 Å². The molecule has 2 aliphatic carbocycles. The molecule has 0 aromatic carbocycles. The van der Waals surface area contributed by atoms with Gasteiger partial charge in [-0.05, 0) is 64.2 Å². The fourth-order valence-electron chi connectivity index (χ4n) is 5.37. The van der Waals surface area contributed by atoms with Gasteiger partial charge in [0.1, 0.15) is 12.5 Å². The van der Waals surface area contributed by atoms with Crippen LogP contribution in [0.15, 0.2) is 0 Å². The number of hydrogen-bond donors (Lipinski definition) is 2. The highest BCUT2D eigenvalue weighted by Gasteiger charge is 2.26. The van der Waals surface area contributed by atoms with E-state index in [4.69, 9.17) is 20.9 Å². The van der Waals surface area contributed by atoms with Crippen molar-refractivity contribution in [2.24, 2.45) is 29.2 Å². The first-order chi connectivity index (χ1) is 12.9. The average molecular weight is 383 g/mol. The number of hydrogen-bond acceptors (Lipinski definition) is 4. The van der Waals surface area contributed by atoms with Crippen molar-refractivity contribution in [3.63, 3.8) is 0 Å². The van der Waals surface area contributed by atoms with Crippen LogP contribution in [0.1, 0.15) is 104 Å². The van der Waals surface area contributed by atoms with Crippen LogP contribution in [0, 0.1) is 17.8 Å². The molecule has 4 heteroatoms. The monoisotopic (exact) mass is 382 g/mol. The second-order valence-corrected chi connectivity index (χ2v) is 9.67. The van der Waals surface area contributed by atoms with E-state index < -0.39 is 0 Å². The van der Waals surface area contributed by atoms with Crippen LogP contribution in [0.3, 0.4) is 0 Å². The molecule has 5 atom stereocenters. The highest BCUT2D eigenvalue weighted by molar-refractivity contribution is 4.77. The summed E-state index contributed by atoms with van der Waals surface area (Å²) in [6.07, 6.45) is 16.9. The predicted octanol–water partition coefficient (Wildman–Crippen LogP) is 5.33. The molecule has 0 heterocycles. The van der Waals surface area contributed by atoms with Gasteiger partial charge in [-0.15, -0.1) is 0 Å². The molecule has 5 unspecified atom stereocenters. The number of rotatable bonds is 10. The summed E-state index contributed by atoms with van der Waals surface area (Å²) in [6, 6.07) is 0. The van der Waals surface area contributed by atoms with Crippen molar-refractivity contribution in [3.8, 4) is 0 Å². The molecular formula is C23H46N2O2. The topological polar surface area (TPSA) is 70.5 Å². The van der Waals surface area contributed by atoms with Crippen molar-refractivity contribution in [2.75, 3.05) is 0 Å². The fraction of sp³-hybridized carbons (Fsp3) is 1.00. The first-order valence-electron chi connectivity index (χ1n) is 11.7. The number of ether oxygens (including phenoxy) is 2. The van der Waals surface area contributed by atoms with Crippen LogP contribution in [0.25, 0.3) is 0 Å². The van der Waals surface area contributed by atoms with Gasteiger partial charge in [0, 0.05) is 0 Å². The van der Waals surface area contributed by atoms with Gasteiger partial charge < -0.3 is 20.9 Å². The summed E-state index contributed by atoms with van der Waals surface area (Å²) in [5.74, 6) is 2.22. The van der Waals surface area contributed by atoms with Crippen molar-refractivity contribution in [3.05, 3.63) is 0 Å². The maximum absolute atomic E-state index is 6.35. The maximum atomic E-state index is 6.35. The zero-order valence-corrected chi connectivity index (χ0v) is 18.2. The lowest BCUT2D eigenvalue weighted by atomic mass is 9.77. The zero-order chi connectivity index (χ0) is 19.6. The zero-order valence-electron chi connectivity index (χ0n) is 18.2. The summed E-state index contributed by atoms with van der Waals surface area (Å²) in [4.78, 5) is 0. The van der Waals surface area contributed by atoms with E-state index in [0.717, 1.165) is 31.1 Å². The van der Waals surface area contributed by atoms with E-state index in [0.29, 0.717) is 5.92 Å². The largest absolute Gasteiger partial charge is 0.361 e. The molecule has 0 amide bonds. The SMILES string of the molecule is CC(C)OC(N)CC1CCCC(CC(C)OC(N)CC2CCCCCC2)C1. The van der Waals surface area contributed by atoms with E-state index >= 15 is 0 Å². The van der Waals surface area contributed by atoms with Gasteiger partial charge in [-0.1, -0.05) is 57.8 Å². The van der Waals surface area contributed by atoms with Crippen LogP contribution >= 0.6 is 0 Å². The molecule has 0 aromatic rings. The molecule has 0 radical (unpaired) electrons. The maximum Gasteiger partial charge on any atom is 0.106 e. The first-order valence-corrected chi connectivity index (χ1v) is 11.7. The summed E-state index contributed by atoms with van der Waals surface area (Å²) >= 11 is 0. The van der Waals surface area contributed by atoms with E-state index in [1.165, 1.54) is 64.2 Å². The van der Waals surface area contributed by atoms with Crippen LogP contribution in [0.5, 0.6) is 0 Å². The Morgan fingerprint density at radius 2 is 1.19 bits per heavy atom. The Balaban J connectivity index is 1.67. The van der Waals surface area contributed by atoms with Gasteiger partial charge in [-0.3, -0.25) is 0 Å². The smallest absolute Gasteiger partial charge is 0.106 e. The minimum Gasteiger partial charge on any atom is -0.361 e. The summed E-state index contributed by atoms with van der Waals surface area (Å²) in [5, 5.41) is 0. The Morgan fingerprint density at radius 3 is 1.81 bits per heavy atom. The van der Waals surface area contributed by atoms with Gasteiger partial charge in [-0.2, -0.15) is 0 Å². The molecular weight excluding hydrogens is 336 g/mol. The molecule has 2 aliphatic rings. The van der Waals surface area contributed by atoms with Crippen molar-refractivity contribution < 1.29 is 9.47 Å². The quantitative estimate of drug-likeness (QED) is 0.395. The summed E-state index contributed by atoms with van der Waals surface area (Å²) < 4.78 is 11.9. The second-order valence-electron chi connectivity index (χ2n) is 9.67. The standard InChI is InChI=1S/C23H46N2O2/c1-17(2)26-22(24)16-21-12-8-11-20(14-21)13-18(3)27-23(25)15-19-9-6-4-5-7-10-19/h17-23H,4-16,24-25H2,1-3H3. The highest BCUT2D eigenvalue weighted by atomic mass is 16.5. The van der Waals surface area contributed by atoms with E-state index in [9.17, 15) is 0 Å². The van der Waals surface area contributed by atoms with Gasteiger partial charge in [0.15, 0.2) is 0 Å². The average Bonchev–Trinajstić information content (AvgIpc) is 2.82. The third kappa shape index (κ3) is 9.74. The Kier molecular flexibility index (Phi) is 10.6. The molecule has 0 bridgehead atoms. The Morgan fingerprint density at radius 1 is 0.667 bits per heavy atom. The fourth-order valence-corrected chi connectivity index (χ4v) is 5.37. The van der Waals surface area contributed by atoms with Crippen LogP contribution < -0.4 is 11.5 Å². The Hall–Kier alpha value is -0.160. The lowest BCUT2D eigenvalue weighted by Crippen LogP contribution is -2.33. The third-order valence-corrected chi connectivity index (χ3v) is 6.52. The van der Waals surface area contributed by atoms with Crippen LogP contribution in [-0.4, -0.2) is 24.7 Å². The van der Waals surface area contributed by atoms with E-state index in [2.05, 4.69) is 20.8 Å². The van der Waals surface area contributed by atoms with Gasteiger partial charge in [0.25, 0.3) is 0 Å². The number of nitrogens with two attached hydrogens (primary N) is 2. The van der Waals surface area contributed by atoms with Gasteiger partial charge in [0.05, 0.1) is 12.2 Å². The molecule has 2 fully saturated rings. The molecule has 160 valence electrons. The first kappa shape index (κ1) is 23.1. The van der Waals surface area contributed by atoms with Crippen molar-refractivity contribution >= 4 is 0 Å². The Bertz CT molecular complexity index is 383. The van der Waals surface area contributed by atoms with Crippen LogP contribution in [0.4, 0.5) is 0 Å². The molecule has 4 nitrogen and oxygen atoms in total. The molecule has 0 spiro atoms. The summed E-state index contributed by atoms with van der Waals surface area (Å²) in [7, 11) is 0. The van der Waals surface area contributed by atoms with Crippen LogP contribution in [0.2, 0.25) is 0 Å². The third-order valence-electron chi connectivity index (χ3n) is 6.52. The lowest BCUT2D eigenvalue weighted by molar-refractivity contribution is -0.0304. The predicted molar refractivity (Wildman–Crippen MR) is 113 cm³/mol. The van der Waals surface area contributed by atoms with E-state index in [1.807, 2.05) is 0 Å². The molecule has 2 rings (SSSR count). The Labute approximate surface area is 168 Å². The minimum atomic E-state index is -0.115. The summed E-state index contributed by atoms with van der Waals surface area (Å²) in [5.41, 5.74) is 12.5. The molecule has 0 saturated heterocycles. The van der Waals surface area contributed by atoms with Crippen LogP contribution in [-0.2, 0) is 9.47 Å². The van der Waals surface area contributed by atoms with E-state index in [-0.39, 0.29) is 24.7 Å². The van der Waals surface area contributed by atoms with Crippen molar-refractivity contribution in [2.45, 2.75) is 129 Å². The minimum absolute atomic E-state index is 0.0876. The lowest BCUT2D eigenvalue weighted by Gasteiger charge is -2.33. The highest BCUT2D eigenvalue weighted by Crippen LogP contribution is 2.35. The van der Waals surface area contributed by atoms with E-state index in [1.54, 1.807) is 0 Å². The molecule has 0 aromatic heterocycles. The van der Waals surface area contributed by atoms with Gasteiger partial charge in [0.2, 0.25) is 0 Å². The molecule has 2 saturated carbocycles. The molecule has 27 heavy (non-hydrogen) atoms. The normalized spacial score (nSPS) is 28.7. The van der Waals surface area contributed by atoms with Gasteiger partial charge in [-0.25, -0.2) is 0 Å². The van der Waals surface area contributed by atoms with Gasteiger partial charge >= 0.3 is 0 Å². The second kappa shape index (κ2) is 12.4. The van der Waals surface area contributed by atoms with Crippen molar-refractivity contribution in [1.82, 2.24) is 0 Å². The molecule has 4 N–H and O–H groups in total.